The van der Waals surface area contributed by atoms with E-state index in [1.54, 1.807) is 39.0 Å². The Morgan fingerprint density at radius 1 is 1.06 bits per heavy atom. The summed E-state index contributed by atoms with van der Waals surface area (Å²) in [4.78, 5) is 39.7. The first-order chi connectivity index (χ1) is 15.5. The minimum absolute atomic E-state index is 0.0274. The lowest BCUT2D eigenvalue weighted by molar-refractivity contribution is -0.130. The monoisotopic (exact) mass is 455 g/mol. The number of carbonyl (C=O) groups is 3. The number of ether oxygens (including phenoxy) is 3. The lowest BCUT2D eigenvalue weighted by Crippen LogP contribution is -2.49. The number of hydrogen-bond donors (Lipinski definition) is 0. The Hall–Kier alpha value is -3.68. The van der Waals surface area contributed by atoms with Gasteiger partial charge in [-0.25, -0.2) is 14.1 Å². The molecule has 1 unspecified atom stereocenters. The molecule has 0 spiro atoms. The Morgan fingerprint density at radius 2 is 1.76 bits per heavy atom. The van der Waals surface area contributed by atoms with Crippen molar-refractivity contribution in [2.45, 2.75) is 32.8 Å². The molecule has 0 bridgehead atoms. The molecule has 7 nitrogen and oxygen atoms in total. The van der Waals surface area contributed by atoms with Crippen LogP contribution in [0.25, 0.3) is 6.08 Å². The highest BCUT2D eigenvalue weighted by atomic mass is 19.1. The zero-order valence-electron chi connectivity index (χ0n) is 19.2. The van der Waals surface area contributed by atoms with E-state index in [0.29, 0.717) is 22.6 Å². The fourth-order valence-corrected chi connectivity index (χ4v) is 3.49. The third-order valence-electron chi connectivity index (χ3n) is 4.99. The average Bonchev–Trinajstić information content (AvgIpc) is 2.75. The quantitative estimate of drug-likeness (QED) is 0.485. The predicted octanol–water partition coefficient (Wildman–Crippen LogP) is 4.57. The SMILES string of the molecule is COc1ccc(C=CC(=O)C2Cc3cc(F)ccc3N(C(=O)OC(C)(C)C)C2=O)cc1OC. The van der Waals surface area contributed by atoms with Gasteiger partial charge in [-0.15, -0.1) is 0 Å². The summed E-state index contributed by atoms with van der Waals surface area (Å²) in [5.74, 6) is -1.93. The lowest BCUT2D eigenvalue weighted by Gasteiger charge is -2.33. The van der Waals surface area contributed by atoms with Crippen molar-refractivity contribution in [1.29, 1.82) is 0 Å². The summed E-state index contributed by atoms with van der Waals surface area (Å²) in [6, 6.07) is 8.82. The molecule has 3 rings (SSSR count). The third-order valence-corrected chi connectivity index (χ3v) is 4.99. The molecule has 0 saturated carbocycles. The van der Waals surface area contributed by atoms with Crippen molar-refractivity contribution in [3.8, 4) is 11.5 Å². The number of benzene rings is 2. The highest BCUT2D eigenvalue weighted by molar-refractivity contribution is 6.22. The molecule has 0 aliphatic carbocycles. The normalized spacial score (nSPS) is 15.9. The predicted molar refractivity (Wildman–Crippen MR) is 121 cm³/mol. The van der Waals surface area contributed by atoms with Gasteiger partial charge in [0.1, 0.15) is 17.3 Å². The number of ketones is 1. The van der Waals surface area contributed by atoms with E-state index in [9.17, 15) is 18.8 Å². The van der Waals surface area contributed by atoms with Crippen molar-refractivity contribution in [1.82, 2.24) is 0 Å². The molecule has 1 aliphatic rings. The first kappa shape index (κ1) is 24.0. The third kappa shape index (κ3) is 5.39. The van der Waals surface area contributed by atoms with Gasteiger partial charge in [-0.1, -0.05) is 12.1 Å². The van der Waals surface area contributed by atoms with Gasteiger partial charge in [0.2, 0.25) is 5.91 Å². The number of hydrogen-bond acceptors (Lipinski definition) is 6. The van der Waals surface area contributed by atoms with Crippen LogP contribution in [0.15, 0.2) is 42.5 Å². The van der Waals surface area contributed by atoms with Crippen molar-refractivity contribution in [2.75, 3.05) is 19.1 Å². The summed E-state index contributed by atoms with van der Waals surface area (Å²) in [6.45, 7) is 5.00. The molecular weight excluding hydrogens is 429 g/mol. The van der Waals surface area contributed by atoms with Gasteiger partial charge in [0.05, 0.1) is 19.9 Å². The number of nitrogens with zero attached hydrogens (tertiary/aromatic N) is 1. The van der Waals surface area contributed by atoms with Crippen LogP contribution in [0.4, 0.5) is 14.9 Å². The van der Waals surface area contributed by atoms with Crippen LogP contribution in [0.1, 0.15) is 31.9 Å². The van der Waals surface area contributed by atoms with E-state index in [1.807, 2.05) is 0 Å². The highest BCUT2D eigenvalue weighted by Gasteiger charge is 2.41. The van der Waals surface area contributed by atoms with E-state index in [-0.39, 0.29) is 12.1 Å². The maximum atomic E-state index is 13.9. The summed E-state index contributed by atoms with van der Waals surface area (Å²) in [7, 11) is 3.02. The molecule has 2 amide bonds. The molecule has 2 aromatic carbocycles. The number of anilines is 1. The molecule has 174 valence electrons. The molecule has 0 radical (unpaired) electrons. The molecule has 0 saturated heterocycles. The molecule has 1 aliphatic heterocycles. The van der Waals surface area contributed by atoms with Crippen molar-refractivity contribution in [3.63, 3.8) is 0 Å². The lowest BCUT2D eigenvalue weighted by atomic mass is 9.88. The molecule has 2 aromatic rings. The van der Waals surface area contributed by atoms with E-state index in [2.05, 4.69) is 0 Å². The number of allylic oxidation sites excluding steroid dienone is 1. The van der Waals surface area contributed by atoms with Crippen LogP contribution in [0.2, 0.25) is 0 Å². The summed E-state index contributed by atoms with van der Waals surface area (Å²) in [5, 5.41) is 0. The maximum Gasteiger partial charge on any atom is 0.421 e. The van der Waals surface area contributed by atoms with Crippen LogP contribution in [0, 0.1) is 11.7 Å². The number of fused-ring (bicyclic) bond motifs is 1. The van der Waals surface area contributed by atoms with E-state index in [4.69, 9.17) is 14.2 Å². The average molecular weight is 455 g/mol. The molecule has 0 fully saturated rings. The number of imide groups is 1. The minimum atomic E-state index is -1.19. The molecule has 1 atom stereocenters. The van der Waals surface area contributed by atoms with Crippen LogP contribution in [0.5, 0.6) is 11.5 Å². The van der Waals surface area contributed by atoms with Gasteiger partial charge in [-0.2, -0.15) is 0 Å². The van der Waals surface area contributed by atoms with Gasteiger partial charge in [0, 0.05) is 0 Å². The van der Waals surface area contributed by atoms with Gasteiger partial charge in [0.15, 0.2) is 17.3 Å². The van der Waals surface area contributed by atoms with Gasteiger partial charge < -0.3 is 14.2 Å². The molecule has 8 heteroatoms. The van der Waals surface area contributed by atoms with Crippen LogP contribution < -0.4 is 14.4 Å². The summed E-state index contributed by atoms with van der Waals surface area (Å²) in [6.07, 6.45) is 1.86. The Morgan fingerprint density at radius 3 is 2.39 bits per heavy atom. The topological polar surface area (TPSA) is 82.1 Å². The summed E-state index contributed by atoms with van der Waals surface area (Å²) >= 11 is 0. The molecular formula is C25H26FNO6. The van der Waals surface area contributed by atoms with Gasteiger partial charge in [-0.3, -0.25) is 9.59 Å². The number of rotatable bonds is 5. The Bertz CT molecular complexity index is 1120. The molecule has 33 heavy (non-hydrogen) atoms. The number of methoxy groups -OCH3 is 2. The van der Waals surface area contributed by atoms with Gasteiger partial charge in [0.25, 0.3) is 0 Å². The first-order valence-electron chi connectivity index (χ1n) is 10.3. The second-order valence-corrected chi connectivity index (χ2v) is 8.53. The second-order valence-electron chi connectivity index (χ2n) is 8.53. The minimum Gasteiger partial charge on any atom is -0.493 e. The van der Waals surface area contributed by atoms with Gasteiger partial charge in [-0.05, 0) is 74.7 Å². The zero-order chi connectivity index (χ0) is 24.3. The molecule has 0 aromatic heterocycles. The largest absolute Gasteiger partial charge is 0.493 e. The number of amides is 2. The van der Waals surface area contributed by atoms with Crippen molar-refractivity contribution in [3.05, 3.63) is 59.4 Å². The van der Waals surface area contributed by atoms with Crippen molar-refractivity contribution in [2.24, 2.45) is 5.92 Å². The van der Waals surface area contributed by atoms with Crippen LogP contribution in [-0.2, 0) is 20.7 Å². The number of carbonyl (C=O) groups excluding carboxylic acids is 3. The van der Waals surface area contributed by atoms with E-state index in [0.717, 1.165) is 11.0 Å². The van der Waals surface area contributed by atoms with Crippen molar-refractivity contribution < 1.29 is 33.0 Å². The summed E-state index contributed by atoms with van der Waals surface area (Å²) in [5.41, 5.74) is 0.378. The Kier molecular flexibility index (Phi) is 6.86. The standard InChI is InChI=1S/C25H26FNO6/c1-25(2,3)33-24(30)27-19-9-8-17(26)13-16(19)14-18(23(27)29)20(28)10-6-15-7-11-21(31-4)22(12-15)32-5/h6-13,18H,14H2,1-5H3. The fraction of sp³-hybridized carbons (Fsp3) is 0.320. The summed E-state index contributed by atoms with van der Waals surface area (Å²) < 4.78 is 29.7. The first-order valence-corrected chi connectivity index (χ1v) is 10.3. The van der Waals surface area contributed by atoms with Crippen molar-refractivity contribution >= 4 is 29.5 Å². The maximum absolute atomic E-state index is 13.9. The van der Waals surface area contributed by atoms with E-state index in [1.165, 1.54) is 38.5 Å². The highest BCUT2D eigenvalue weighted by Crippen LogP contribution is 2.33. The molecule has 0 N–H and O–H groups in total. The Labute approximate surface area is 191 Å². The molecule has 1 heterocycles. The van der Waals surface area contributed by atoms with E-state index >= 15 is 0 Å². The van der Waals surface area contributed by atoms with E-state index < -0.39 is 35.1 Å². The van der Waals surface area contributed by atoms with Crippen LogP contribution in [0.3, 0.4) is 0 Å². The zero-order valence-corrected chi connectivity index (χ0v) is 19.2. The fourth-order valence-electron chi connectivity index (χ4n) is 3.49. The Balaban J connectivity index is 1.91. The number of halogens is 1. The second kappa shape index (κ2) is 9.44. The smallest absolute Gasteiger partial charge is 0.421 e. The van der Waals surface area contributed by atoms with Gasteiger partial charge >= 0.3 is 6.09 Å². The van der Waals surface area contributed by atoms with Crippen LogP contribution >= 0.6 is 0 Å². The van der Waals surface area contributed by atoms with Crippen LogP contribution in [-0.4, -0.2) is 37.6 Å².